The Kier molecular flexibility index (Phi) is 7.50. The smallest absolute Gasteiger partial charge is 0.534 e. The largest absolute Gasteiger partial charge is 0.547 e. The monoisotopic (exact) mass is 406 g/mol. The molecule has 9 nitrogen and oxygen atoms in total. The summed E-state index contributed by atoms with van der Waals surface area (Å²) in [6.45, 7) is 5.90. The van der Waals surface area contributed by atoms with Crippen LogP contribution in [0.4, 0.5) is 0 Å². The van der Waals surface area contributed by atoms with E-state index in [9.17, 15) is 20.0 Å². The predicted octanol–water partition coefficient (Wildman–Crippen LogP) is -1.71. The van der Waals surface area contributed by atoms with Crippen LogP contribution in [0.15, 0.2) is 18.2 Å². The Morgan fingerprint density at radius 3 is 2.62 bits per heavy atom. The Hall–Kier alpha value is -1.69. The topological polar surface area (TPSA) is 109 Å². The molecule has 1 fully saturated rings. The molecule has 0 bridgehead atoms. The maximum absolute atomic E-state index is 12.5. The molecule has 160 valence electrons. The lowest BCUT2D eigenvalue weighted by Crippen LogP contribution is -2.56. The van der Waals surface area contributed by atoms with E-state index in [1.165, 1.54) is 6.07 Å². The molecule has 1 atom stereocenters. The van der Waals surface area contributed by atoms with Gasteiger partial charge in [-0.1, -0.05) is 18.2 Å². The summed E-state index contributed by atoms with van der Waals surface area (Å²) in [5.41, 5.74) is 0.930. The molecule has 2 heterocycles. The molecule has 2 aliphatic rings. The van der Waals surface area contributed by atoms with Crippen LogP contribution >= 0.6 is 0 Å². The lowest BCUT2D eigenvalue weighted by atomic mass is 9.72. The number of hydrogen-bond donors (Lipinski definition) is 4. The van der Waals surface area contributed by atoms with Crippen molar-refractivity contribution in [2.45, 2.75) is 18.7 Å². The molecule has 0 spiro atoms. The molecule has 0 aliphatic carbocycles. The van der Waals surface area contributed by atoms with Gasteiger partial charge in [0.05, 0.1) is 12.5 Å². The molecule has 3 rings (SSSR count). The number of para-hydroxylation sites is 1. The highest BCUT2D eigenvalue weighted by atomic mass is 16.5. The van der Waals surface area contributed by atoms with Crippen molar-refractivity contribution >= 4 is 13.0 Å². The molecule has 4 N–H and O–H groups in total. The van der Waals surface area contributed by atoms with Crippen molar-refractivity contribution < 1.29 is 24.7 Å². The second-order valence-corrected chi connectivity index (χ2v) is 8.02. The Morgan fingerprint density at radius 2 is 1.97 bits per heavy atom. The van der Waals surface area contributed by atoms with E-state index in [2.05, 4.69) is 34.1 Å². The van der Waals surface area contributed by atoms with Crippen molar-refractivity contribution in [1.29, 1.82) is 0 Å². The van der Waals surface area contributed by atoms with E-state index < -0.39 is 19.3 Å². The fraction of sp³-hybridized carbons (Fsp3) is 0.632. The van der Waals surface area contributed by atoms with E-state index in [-0.39, 0.29) is 23.8 Å². The van der Waals surface area contributed by atoms with Crippen molar-refractivity contribution in [2.24, 2.45) is 0 Å². The quantitative estimate of drug-likeness (QED) is 0.313. The number of nitrogens with zero attached hydrogens (tertiary/aromatic N) is 3. The van der Waals surface area contributed by atoms with Gasteiger partial charge in [-0.2, -0.15) is 0 Å². The number of amides is 1. The summed E-state index contributed by atoms with van der Waals surface area (Å²) in [6.07, 6.45) is -1.32. The Morgan fingerprint density at radius 1 is 1.28 bits per heavy atom. The zero-order valence-electron chi connectivity index (χ0n) is 17.1. The van der Waals surface area contributed by atoms with Crippen LogP contribution in [0.3, 0.4) is 0 Å². The number of aliphatic hydroxyl groups excluding tert-OH is 1. The van der Waals surface area contributed by atoms with Gasteiger partial charge in [-0.05, 0) is 26.1 Å². The van der Waals surface area contributed by atoms with Crippen LogP contribution in [0.1, 0.15) is 17.4 Å². The van der Waals surface area contributed by atoms with Crippen molar-refractivity contribution in [1.82, 2.24) is 20.0 Å². The summed E-state index contributed by atoms with van der Waals surface area (Å²) < 4.78 is 5.48. The van der Waals surface area contributed by atoms with Crippen LogP contribution < -0.4 is 9.97 Å². The highest BCUT2D eigenvalue weighted by Gasteiger charge is 2.37. The second kappa shape index (κ2) is 9.88. The van der Waals surface area contributed by atoms with Crippen molar-refractivity contribution in [3.05, 3.63) is 29.3 Å². The fourth-order valence-corrected chi connectivity index (χ4v) is 3.74. The first-order valence-corrected chi connectivity index (χ1v) is 10.0. The molecular formula is C19H31BN4O5. The highest BCUT2D eigenvalue weighted by molar-refractivity contribution is 6.46. The minimum absolute atomic E-state index is 0.152. The predicted molar refractivity (Wildman–Crippen MR) is 109 cm³/mol. The number of likely N-dealkylation sites (N-methyl/N-ethyl adjacent to an activating group) is 1. The van der Waals surface area contributed by atoms with E-state index in [1.54, 1.807) is 12.1 Å². The molecule has 1 unspecified atom stereocenters. The number of benzene rings is 1. The molecule has 0 aromatic heterocycles. The average Bonchev–Trinajstić information content (AvgIpc) is 2.67. The molecule has 1 saturated heterocycles. The molecule has 0 saturated carbocycles. The van der Waals surface area contributed by atoms with Crippen LogP contribution in [0.5, 0.6) is 5.75 Å². The zero-order chi connectivity index (χ0) is 21.0. The number of fused-ring (bicyclic) bond motifs is 1. The Labute approximate surface area is 172 Å². The second-order valence-electron chi connectivity index (χ2n) is 8.02. The first kappa shape index (κ1) is 22.0. The number of carbonyl (C=O) groups excluding carboxylic acids is 1. The van der Waals surface area contributed by atoms with E-state index in [4.69, 9.17) is 4.65 Å². The molecule has 1 aromatic rings. The van der Waals surface area contributed by atoms with Crippen molar-refractivity contribution in [3.63, 3.8) is 0 Å². The lowest BCUT2D eigenvalue weighted by Gasteiger charge is -2.35. The van der Waals surface area contributed by atoms with Crippen LogP contribution in [0.2, 0.25) is 0 Å². The van der Waals surface area contributed by atoms with Crippen LogP contribution in [0, 0.1) is 0 Å². The number of rotatable bonds is 7. The average molecular weight is 406 g/mol. The van der Waals surface area contributed by atoms with Gasteiger partial charge >= 0.3 is 7.12 Å². The van der Waals surface area contributed by atoms with E-state index in [0.29, 0.717) is 6.42 Å². The van der Waals surface area contributed by atoms with Gasteiger partial charge in [0.1, 0.15) is 5.75 Å². The van der Waals surface area contributed by atoms with Crippen LogP contribution in [-0.2, 0) is 11.2 Å². The summed E-state index contributed by atoms with van der Waals surface area (Å²) in [4.78, 5) is 19.2. The summed E-state index contributed by atoms with van der Waals surface area (Å²) in [5.74, 6) is -0.460. The van der Waals surface area contributed by atoms with Gasteiger partial charge in [0.2, 0.25) is 5.91 Å². The lowest BCUT2D eigenvalue weighted by molar-refractivity contribution is -0.123. The number of carbonyl (C=O) groups is 1. The van der Waals surface area contributed by atoms with Gasteiger partial charge in [-0.15, -0.1) is 0 Å². The third-order valence-electron chi connectivity index (χ3n) is 5.47. The first-order valence-electron chi connectivity index (χ1n) is 10.0. The molecule has 1 amide bonds. The van der Waals surface area contributed by atoms with Crippen molar-refractivity contribution in [2.75, 3.05) is 59.9 Å². The maximum atomic E-state index is 12.5. The summed E-state index contributed by atoms with van der Waals surface area (Å²) in [6, 6.07) is 5.02. The minimum Gasteiger partial charge on any atom is -0.534 e. The third kappa shape index (κ3) is 5.91. The molecule has 29 heavy (non-hydrogen) atoms. The minimum atomic E-state index is -1.68. The number of hydrogen-bond acceptors (Lipinski definition) is 8. The molecule has 1 aromatic carbocycles. The van der Waals surface area contributed by atoms with Crippen LogP contribution in [-0.4, -0.2) is 109 Å². The maximum Gasteiger partial charge on any atom is 0.547 e. The standard InChI is InChI=1S/C19H31BN4O5/c1-22(2)6-7-23-8-10-24(11-9-23)13-17(25)21-16-12-14-4-3-5-15(19(26)27)18(14)29-20(16)28/h3-5,16,19,26-28H,6-13H2,1-2H3,(H,21,25). The Balaban J connectivity index is 1.48. The van der Waals surface area contributed by atoms with E-state index >= 15 is 0 Å². The number of piperazine rings is 1. The van der Waals surface area contributed by atoms with E-state index in [1.807, 2.05) is 0 Å². The summed E-state index contributed by atoms with van der Waals surface area (Å²) in [7, 11) is 2.89. The number of aliphatic hydroxyl groups is 2. The van der Waals surface area contributed by atoms with Gasteiger partial charge in [0.15, 0.2) is 6.29 Å². The van der Waals surface area contributed by atoms with Gasteiger partial charge in [-0.25, -0.2) is 0 Å². The molecule has 10 heteroatoms. The van der Waals surface area contributed by atoms with Gasteiger partial charge in [0, 0.05) is 44.8 Å². The highest BCUT2D eigenvalue weighted by Crippen LogP contribution is 2.32. The molecule has 0 radical (unpaired) electrons. The molecule has 2 aliphatic heterocycles. The SMILES string of the molecule is CN(C)CCN1CCN(CC(=O)NC2Cc3cccc(C(O)O)c3OB2O)CC1. The van der Waals surface area contributed by atoms with Gasteiger partial charge < -0.3 is 30.1 Å². The Bertz CT molecular complexity index is 697. The van der Waals surface area contributed by atoms with Crippen LogP contribution in [0.25, 0.3) is 0 Å². The van der Waals surface area contributed by atoms with E-state index in [0.717, 1.165) is 44.8 Å². The summed E-state index contributed by atoms with van der Waals surface area (Å²) in [5, 5.41) is 32.1. The van der Waals surface area contributed by atoms with Crippen molar-refractivity contribution in [3.8, 4) is 5.75 Å². The first-order chi connectivity index (χ1) is 13.8. The molecular weight excluding hydrogens is 375 g/mol. The number of nitrogens with one attached hydrogen (secondary N) is 1. The zero-order valence-corrected chi connectivity index (χ0v) is 17.1. The fourth-order valence-electron chi connectivity index (χ4n) is 3.74. The third-order valence-corrected chi connectivity index (χ3v) is 5.47. The van der Waals surface area contributed by atoms with Gasteiger partial charge in [-0.3, -0.25) is 14.6 Å². The summed E-state index contributed by atoms with van der Waals surface area (Å²) >= 11 is 0. The van der Waals surface area contributed by atoms with Gasteiger partial charge in [0.25, 0.3) is 0 Å². The normalized spacial score (nSPS) is 20.7.